The lowest BCUT2D eigenvalue weighted by molar-refractivity contribution is -0.925. The largest absolute Gasteiger partial charge is 1.00 e. The van der Waals surface area contributed by atoms with Crippen LogP contribution in [0.5, 0.6) is 0 Å². The van der Waals surface area contributed by atoms with Crippen molar-refractivity contribution >= 4 is 10.0 Å². The summed E-state index contributed by atoms with van der Waals surface area (Å²) in [5.74, 6) is -0.0652. The third-order valence-corrected chi connectivity index (χ3v) is 5.90. The van der Waals surface area contributed by atoms with Gasteiger partial charge in [0.25, 0.3) is 0 Å². The van der Waals surface area contributed by atoms with Crippen molar-refractivity contribution in [2.45, 2.75) is 13.5 Å². The van der Waals surface area contributed by atoms with Gasteiger partial charge in [-0.3, -0.25) is 0 Å². The van der Waals surface area contributed by atoms with Crippen LogP contribution in [0.15, 0.2) is 24.3 Å². The van der Waals surface area contributed by atoms with E-state index in [1.54, 1.807) is 23.4 Å². The number of quaternary nitrogens is 1. The predicted molar refractivity (Wildman–Crippen MR) is 77.1 cm³/mol. The first-order chi connectivity index (χ1) is 9.35. The normalized spacial score (nSPS) is 19.0. The minimum absolute atomic E-state index is 0. The molecule has 0 aromatic heterocycles. The maximum absolute atomic E-state index is 12.9. The predicted octanol–water partition coefficient (Wildman–Crippen LogP) is -1.56. The van der Waals surface area contributed by atoms with Gasteiger partial charge in [0.2, 0.25) is 10.0 Å². The summed E-state index contributed by atoms with van der Waals surface area (Å²) in [4.78, 5) is 0. The van der Waals surface area contributed by atoms with Crippen molar-refractivity contribution in [3.8, 4) is 0 Å². The molecule has 1 aromatic rings. The number of benzene rings is 1. The molecule has 1 heterocycles. The molecule has 0 aliphatic carbocycles. The van der Waals surface area contributed by atoms with Crippen LogP contribution in [0.2, 0.25) is 0 Å². The van der Waals surface area contributed by atoms with Crippen LogP contribution in [0.1, 0.15) is 12.5 Å². The summed E-state index contributed by atoms with van der Waals surface area (Å²) in [5, 5.41) is 0. The van der Waals surface area contributed by atoms with E-state index in [1.807, 2.05) is 0 Å². The van der Waals surface area contributed by atoms with Crippen LogP contribution in [0, 0.1) is 5.82 Å². The van der Waals surface area contributed by atoms with Crippen LogP contribution in [0.3, 0.4) is 0 Å². The topological polar surface area (TPSA) is 37.4 Å². The van der Waals surface area contributed by atoms with E-state index >= 15 is 0 Å². The number of nitrogens with zero attached hydrogens (tertiary/aromatic N) is 2. The van der Waals surface area contributed by atoms with E-state index in [0.29, 0.717) is 13.1 Å². The van der Waals surface area contributed by atoms with Crippen molar-refractivity contribution in [2.24, 2.45) is 0 Å². The fourth-order valence-corrected chi connectivity index (χ4v) is 3.66. The van der Waals surface area contributed by atoms with Crippen molar-refractivity contribution in [1.82, 2.24) is 4.31 Å². The summed E-state index contributed by atoms with van der Waals surface area (Å²) in [7, 11) is -0.952. The van der Waals surface area contributed by atoms with E-state index in [1.165, 1.54) is 12.1 Å². The van der Waals surface area contributed by atoms with Gasteiger partial charge in [-0.15, -0.1) is 0 Å². The molecule has 4 nitrogen and oxygen atoms in total. The first-order valence-corrected chi connectivity index (χ1v) is 8.51. The van der Waals surface area contributed by atoms with E-state index in [9.17, 15) is 12.8 Å². The molecule has 0 bridgehead atoms. The Kier molecular flexibility index (Phi) is 6.34. The zero-order chi connectivity index (χ0) is 14.8. The third kappa shape index (κ3) is 4.74. The van der Waals surface area contributed by atoms with Gasteiger partial charge in [0.1, 0.15) is 12.4 Å². The Hall–Kier alpha value is -0.500. The molecule has 0 saturated carbocycles. The van der Waals surface area contributed by atoms with Crippen LogP contribution in [0.4, 0.5) is 4.39 Å². The fourth-order valence-electron chi connectivity index (χ4n) is 2.58. The Morgan fingerprint density at radius 1 is 1.19 bits per heavy atom. The molecule has 0 radical (unpaired) electrons. The molecule has 120 valence electrons. The van der Waals surface area contributed by atoms with Crippen molar-refractivity contribution in [3.05, 3.63) is 35.6 Å². The molecule has 0 N–H and O–H groups in total. The second kappa shape index (κ2) is 7.17. The summed E-state index contributed by atoms with van der Waals surface area (Å²) < 4.78 is 39.0. The molecule has 1 saturated heterocycles. The lowest BCUT2D eigenvalue weighted by atomic mass is 10.1. The average molecular weight is 381 g/mol. The number of likely N-dealkylation sites (N-methyl/N-ethyl adjacent to an activating group) is 1. The van der Waals surface area contributed by atoms with Crippen molar-refractivity contribution in [1.29, 1.82) is 0 Å². The molecule has 1 aromatic carbocycles. The van der Waals surface area contributed by atoms with Crippen LogP contribution in [-0.4, -0.2) is 56.2 Å². The maximum atomic E-state index is 12.9. The average Bonchev–Trinajstić information content (AvgIpc) is 2.42. The molecule has 1 fully saturated rings. The highest BCUT2D eigenvalue weighted by molar-refractivity contribution is 7.89. The van der Waals surface area contributed by atoms with Gasteiger partial charge in [-0.25, -0.2) is 12.8 Å². The molecular formula is C14H22BrFN2O2S. The van der Waals surface area contributed by atoms with Gasteiger partial charge in [0.15, 0.2) is 0 Å². The Balaban J connectivity index is 0.00000220. The Labute approximate surface area is 137 Å². The Bertz CT molecular complexity index is 555. The monoisotopic (exact) mass is 380 g/mol. The van der Waals surface area contributed by atoms with Crippen molar-refractivity contribution < 1.29 is 34.3 Å². The highest BCUT2D eigenvalue weighted by Gasteiger charge is 2.33. The number of rotatable bonds is 4. The first kappa shape index (κ1) is 18.5. The molecule has 1 aliphatic rings. The molecule has 7 heteroatoms. The molecular weight excluding hydrogens is 359 g/mol. The molecule has 1 aliphatic heterocycles. The Morgan fingerprint density at radius 2 is 1.71 bits per heavy atom. The van der Waals surface area contributed by atoms with Crippen LogP contribution in [-0.2, 0) is 16.6 Å². The molecule has 0 spiro atoms. The molecule has 2 rings (SSSR count). The summed E-state index contributed by atoms with van der Waals surface area (Å²) in [6.45, 7) is 5.19. The van der Waals surface area contributed by atoms with Gasteiger partial charge in [-0.05, 0) is 19.1 Å². The first-order valence-electron chi connectivity index (χ1n) is 6.90. The summed E-state index contributed by atoms with van der Waals surface area (Å²) in [6.07, 6.45) is 0. The lowest BCUT2D eigenvalue weighted by Gasteiger charge is -2.41. The highest BCUT2D eigenvalue weighted by atomic mass is 79.9. The second-order valence-corrected chi connectivity index (χ2v) is 7.91. The van der Waals surface area contributed by atoms with Gasteiger partial charge in [-0.2, -0.15) is 4.31 Å². The zero-order valence-electron chi connectivity index (χ0n) is 12.4. The van der Waals surface area contributed by atoms with Crippen molar-refractivity contribution in [2.75, 3.05) is 39.0 Å². The van der Waals surface area contributed by atoms with Gasteiger partial charge in [0.05, 0.1) is 39.0 Å². The quantitative estimate of drug-likeness (QED) is 0.592. The fraction of sp³-hybridized carbons (Fsp3) is 0.571. The number of halogens is 2. The number of sulfonamides is 1. The minimum Gasteiger partial charge on any atom is -1.00 e. The summed E-state index contributed by atoms with van der Waals surface area (Å²) in [5.41, 5.74) is 1.08. The second-order valence-electron chi connectivity index (χ2n) is 5.65. The number of hydrogen-bond donors (Lipinski definition) is 0. The zero-order valence-corrected chi connectivity index (χ0v) is 14.8. The van der Waals surface area contributed by atoms with Crippen LogP contribution >= 0.6 is 0 Å². The van der Waals surface area contributed by atoms with Gasteiger partial charge in [0, 0.05) is 5.56 Å². The minimum atomic E-state index is -3.08. The molecule has 0 atom stereocenters. The number of hydrogen-bond acceptors (Lipinski definition) is 2. The van der Waals surface area contributed by atoms with Crippen LogP contribution in [0.25, 0.3) is 0 Å². The summed E-state index contributed by atoms with van der Waals surface area (Å²) in [6, 6.07) is 6.54. The van der Waals surface area contributed by atoms with E-state index in [2.05, 4.69) is 7.05 Å². The van der Waals surface area contributed by atoms with E-state index < -0.39 is 10.0 Å². The standard InChI is InChI=1S/C14H22FN2O2S.BrH/c1-3-20(18,19)16-8-10-17(2,11-9-16)12-13-4-6-14(15)7-5-13;/h4-7H,3,8-12H2,1-2H3;1H/q+1;/p-1. The smallest absolute Gasteiger partial charge is 0.214 e. The van der Waals surface area contributed by atoms with Gasteiger partial charge in [-0.1, -0.05) is 12.1 Å². The highest BCUT2D eigenvalue weighted by Crippen LogP contribution is 2.18. The Morgan fingerprint density at radius 3 is 2.19 bits per heavy atom. The third-order valence-electron chi connectivity index (χ3n) is 4.01. The van der Waals surface area contributed by atoms with E-state index in [4.69, 9.17) is 0 Å². The van der Waals surface area contributed by atoms with Crippen LogP contribution < -0.4 is 17.0 Å². The van der Waals surface area contributed by atoms with E-state index in [-0.39, 0.29) is 28.6 Å². The van der Waals surface area contributed by atoms with E-state index in [0.717, 1.165) is 29.7 Å². The van der Waals surface area contributed by atoms with Gasteiger partial charge >= 0.3 is 0 Å². The maximum Gasteiger partial charge on any atom is 0.214 e. The molecule has 0 unspecified atom stereocenters. The lowest BCUT2D eigenvalue weighted by Crippen LogP contribution is -3.00. The molecule has 21 heavy (non-hydrogen) atoms. The van der Waals surface area contributed by atoms with Gasteiger partial charge < -0.3 is 21.5 Å². The SMILES string of the molecule is CCS(=O)(=O)N1CC[N+](C)(Cc2ccc(F)cc2)CC1.[Br-]. The summed E-state index contributed by atoms with van der Waals surface area (Å²) >= 11 is 0. The van der Waals surface area contributed by atoms with Crippen molar-refractivity contribution in [3.63, 3.8) is 0 Å². The number of piperazine rings is 1. The molecule has 0 amide bonds.